The van der Waals surface area contributed by atoms with Crippen LogP contribution < -0.4 is 11.1 Å². The molecule has 9 heteroatoms. The molecule has 0 atom stereocenters. The van der Waals surface area contributed by atoms with Crippen LogP contribution in [0.5, 0.6) is 0 Å². The van der Waals surface area contributed by atoms with Crippen LogP contribution in [0.4, 0.5) is 5.69 Å². The molecule has 0 radical (unpaired) electrons. The third-order valence-electron chi connectivity index (χ3n) is 3.45. The van der Waals surface area contributed by atoms with Crippen molar-refractivity contribution in [2.45, 2.75) is 0 Å². The van der Waals surface area contributed by atoms with E-state index in [1.54, 1.807) is 0 Å². The normalized spacial score (nSPS) is 10.7. The fourth-order valence-corrected chi connectivity index (χ4v) is 2.33. The third kappa shape index (κ3) is 2.43. The van der Waals surface area contributed by atoms with Gasteiger partial charge >= 0.3 is 17.1 Å². The van der Waals surface area contributed by atoms with Crippen molar-refractivity contribution in [1.82, 2.24) is 9.55 Å². The minimum Gasteiger partial charge on any atom is -0.478 e. The van der Waals surface area contributed by atoms with Crippen LogP contribution in [0, 0.1) is 10.1 Å². The second-order valence-electron chi connectivity index (χ2n) is 4.91. The van der Waals surface area contributed by atoms with E-state index in [0.29, 0.717) is 0 Å². The molecule has 1 heterocycles. The molecule has 24 heavy (non-hydrogen) atoms. The SMILES string of the molecule is O=C(O)c1ccc(-n2c(=O)c(=O)[nH]c3cc([N+](=O)[O-])ccc32)cc1. The van der Waals surface area contributed by atoms with Crippen LogP contribution in [0.25, 0.3) is 16.7 Å². The summed E-state index contributed by atoms with van der Waals surface area (Å²) in [6, 6.07) is 9.05. The van der Waals surface area contributed by atoms with Gasteiger partial charge in [0.25, 0.3) is 5.69 Å². The van der Waals surface area contributed by atoms with Gasteiger partial charge in [0.2, 0.25) is 0 Å². The Kier molecular flexibility index (Phi) is 3.45. The monoisotopic (exact) mass is 327 g/mol. The predicted octanol–water partition coefficient (Wildman–Crippen LogP) is 1.29. The molecule has 120 valence electrons. The van der Waals surface area contributed by atoms with Crippen molar-refractivity contribution in [2.24, 2.45) is 0 Å². The number of nitro benzene ring substituents is 1. The lowest BCUT2D eigenvalue weighted by Crippen LogP contribution is -2.35. The van der Waals surface area contributed by atoms with Gasteiger partial charge in [0, 0.05) is 17.8 Å². The molecule has 0 aliphatic carbocycles. The number of rotatable bonds is 3. The van der Waals surface area contributed by atoms with Gasteiger partial charge in [0.1, 0.15) is 0 Å². The molecule has 9 nitrogen and oxygen atoms in total. The van der Waals surface area contributed by atoms with Crippen molar-refractivity contribution in [3.05, 3.63) is 78.8 Å². The van der Waals surface area contributed by atoms with E-state index in [4.69, 9.17) is 5.11 Å². The molecule has 0 aliphatic rings. The van der Waals surface area contributed by atoms with Gasteiger partial charge in [0.15, 0.2) is 0 Å². The first-order valence-corrected chi connectivity index (χ1v) is 6.65. The average Bonchev–Trinajstić information content (AvgIpc) is 2.55. The lowest BCUT2D eigenvalue weighted by Gasteiger charge is -2.09. The number of hydrogen-bond donors (Lipinski definition) is 2. The molecule has 2 aromatic carbocycles. The topological polar surface area (TPSA) is 135 Å². The Hall–Kier alpha value is -3.75. The number of carboxylic acid groups (broad SMARTS) is 1. The Morgan fingerprint density at radius 3 is 2.38 bits per heavy atom. The van der Waals surface area contributed by atoms with Crippen LogP contribution in [0.3, 0.4) is 0 Å². The molecule has 0 bridgehead atoms. The zero-order chi connectivity index (χ0) is 17.4. The number of aromatic carboxylic acids is 1. The number of non-ortho nitro benzene ring substituents is 1. The Morgan fingerprint density at radius 2 is 1.79 bits per heavy atom. The zero-order valence-electron chi connectivity index (χ0n) is 11.9. The molecule has 2 N–H and O–H groups in total. The van der Waals surface area contributed by atoms with Crippen molar-refractivity contribution in [3.8, 4) is 5.69 Å². The molecule has 0 fully saturated rings. The molecule has 0 saturated carbocycles. The van der Waals surface area contributed by atoms with Crippen LogP contribution in [-0.2, 0) is 0 Å². The molecule has 0 aliphatic heterocycles. The highest BCUT2D eigenvalue weighted by molar-refractivity contribution is 5.88. The summed E-state index contributed by atoms with van der Waals surface area (Å²) >= 11 is 0. The van der Waals surface area contributed by atoms with Crippen LogP contribution >= 0.6 is 0 Å². The van der Waals surface area contributed by atoms with Crippen molar-refractivity contribution in [3.63, 3.8) is 0 Å². The van der Waals surface area contributed by atoms with E-state index >= 15 is 0 Å². The van der Waals surface area contributed by atoms with Crippen LogP contribution in [0.2, 0.25) is 0 Å². The molecule has 3 rings (SSSR count). The van der Waals surface area contributed by atoms with Crippen LogP contribution in [0.15, 0.2) is 52.1 Å². The number of H-pyrrole nitrogens is 1. The van der Waals surface area contributed by atoms with Gasteiger partial charge in [-0.1, -0.05) is 0 Å². The number of nitrogens with one attached hydrogen (secondary N) is 1. The van der Waals surface area contributed by atoms with Crippen molar-refractivity contribution in [1.29, 1.82) is 0 Å². The van der Waals surface area contributed by atoms with Gasteiger partial charge in [-0.2, -0.15) is 0 Å². The van der Waals surface area contributed by atoms with Gasteiger partial charge in [-0.3, -0.25) is 24.3 Å². The lowest BCUT2D eigenvalue weighted by molar-refractivity contribution is -0.384. The molecule has 0 saturated heterocycles. The van der Waals surface area contributed by atoms with Crippen molar-refractivity contribution < 1.29 is 14.8 Å². The summed E-state index contributed by atoms with van der Waals surface area (Å²) in [6.07, 6.45) is 0. The van der Waals surface area contributed by atoms with Gasteiger partial charge < -0.3 is 10.1 Å². The minimum absolute atomic E-state index is 0.0246. The van der Waals surface area contributed by atoms with Crippen LogP contribution in [-0.4, -0.2) is 25.6 Å². The Balaban J connectivity index is 2.32. The number of nitro groups is 1. The Labute approximate surface area is 132 Å². The fraction of sp³-hybridized carbons (Fsp3) is 0. The minimum atomic E-state index is -1.12. The number of nitrogens with zero attached hydrogens (tertiary/aromatic N) is 2. The van der Waals surface area contributed by atoms with Crippen molar-refractivity contribution in [2.75, 3.05) is 0 Å². The number of hydrogen-bond acceptors (Lipinski definition) is 5. The summed E-state index contributed by atoms with van der Waals surface area (Å²) in [4.78, 5) is 47.4. The van der Waals surface area contributed by atoms with Gasteiger partial charge in [0.05, 0.1) is 21.5 Å². The number of aromatic nitrogens is 2. The quantitative estimate of drug-likeness (QED) is 0.422. The summed E-state index contributed by atoms with van der Waals surface area (Å²) in [6.45, 7) is 0. The first-order valence-electron chi connectivity index (χ1n) is 6.65. The second kappa shape index (κ2) is 5.47. The number of carbonyl (C=O) groups is 1. The van der Waals surface area contributed by atoms with E-state index in [-0.39, 0.29) is 28.0 Å². The highest BCUT2D eigenvalue weighted by Gasteiger charge is 2.14. The molecule has 0 spiro atoms. The summed E-state index contributed by atoms with van der Waals surface area (Å²) in [5.74, 6) is -1.12. The van der Waals surface area contributed by atoms with Crippen molar-refractivity contribution >= 4 is 22.7 Å². The summed E-state index contributed by atoms with van der Waals surface area (Å²) in [5.41, 5.74) is -1.37. The number of aromatic amines is 1. The fourth-order valence-electron chi connectivity index (χ4n) is 2.33. The Morgan fingerprint density at radius 1 is 1.12 bits per heavy atom. The third-order valence-corrected chi connectivity index (χ3v) is 3.45. The number of fused-ring (bicyclic) bond motifs is 1. The molecule has 0 amide bonds. The second-order valence-corrected chi connectivity index (χ2v) is 4.91. The van der Waals surface area contributed by atoms with Gasteiger partial charge in [-0.15, -0.1) is 0 Å². The Bertz CT molecular complexity index is 1090. The molecule has 3 aromatic rings. The molecular formula is C15H9N3O6. The van der Waals surface area contributed by atoms with E-state index in [1.165, 1.54) is 36.4 Å². The number of benzene rings is 2. The van der Waals surface area contributed by atoms with Gasteiger partial charge in [-0.05, 0) is 30.3 Å². The van der Waals surface area contributed by atoms with E-state index < -0.39 is 22.0 Å². The lowest BCUT2D eigenvalue weighted by atomic mass is 10.2. The highest BCUT2D eigenvalue weighted by Crippen LogP contribution is 2.20. The van der Waals surface area contributed by atoms with E-state index in [0.717, 1.165) is 10.6 Å². The highest BCUT2D eigenvalue weighted by atomic mass is 16.6. The predicted molar refractivity (Wildman–Crippen MR) is 83.8 cm³/mol. The largest absolute Gasteiger partial charge is 0.478 e. The molecule has 0 unspecified atom stereocenters. The number of carboxylic acids is 1. The molecular weight excluding hydrogens is 318 g/mol. The van der Waals surface area contributed by atoms with Gasteiger partial charge in [-0.25, -0.2) is 4.79 Å². The standard InChI is InChI=1S/C15H9N3O6/c19-13-14(20)17(9-3-1-8(2-4-9)15(21)22)12-6-5-10(18(23)24)7-11(12)16-13/h1-7H,(H,16,19)(H,21,22). The average molecular weight is 327 g/mol. The first kappa shape index (κ1) is 15.2. The first-order chi connectivity index (χ1) is 11.4. The van der Waals surface area contributed by atoms with Crippen LogP contribution in [0.1, 0.15) is 10.4 Å². The maximum atomic E-state index is 12.2. The van der Waals surface area contributed by atoms with E-state index in [2.05, 4.69) is 4.98 Å². The smallest absolute Gasteiger partial charge is 0.335 e. The summed E-state index contributed by atoms with van der Waals surface area (Å²) in [5, 5.41) is 19.8. The zero-order valence-corrected chi connectivity index (χ0v) is 11.9. The maximum Gasteiger partial charge on any atom is 0.335 e. The molecule has 1 aromatic heterocycles. The van der Waals surface area contributed by atoms with E-state index in [1.807, 2.05) is 0 Å². The summed E-state index contributed by atoms with van der Waals surface area (Å²) < 4.78 is 1.07. The maximum absolute atomic E-state index is 12.2. The van der Waals surface area contributed by atoms with E-state index in [9.17, 15) is 24.5 Å². The summed E-state index contributed by atoms with van der Waals surface area (Å²) in [7, 11) is 0.